The summed E-state index contributed by atoms with van der Waals surface area (Å²) in [6.07, 6.45) is 0. The van der Waals surface area contributed by atoms with Crippen LogP contribution in [0.3, 0.4) is 0 Å². The summed E-state index contributed by atoms with van der Waals surface area (Å²) < 4.78 is 16.2. The molecule has 0 saturated heterocycles. The number of halogens is 1. The maximum Gasteiger partial charge on any atom is 0.339 e. The number of nitrogens with one attached hydrogen (secondary N) is 2. The molecule has 43 heavy (non-hydrogen) atoms. The number of fused-ring (bicyclic) bond motifs is 1. The van der Waals surface area contributed by atoms with Crippen LogP contribution in [0.1, 0.15) is 70.2 Å². The molecule has 0 spiro atoms. The number of hydrogen-bond donors (Lipinski definition) is 2. The Hall–Kier alpha value is -4.57. The second-order valence-electron chi connectivity index (χ2n) is 11.6. The topological polar surface area (TPSA) is 127 Å². The minimum atomic E-state index is -0.714. The van der Waals surface area contributed by atoms with Gasteiger partial charge in [0.1, 0.15) is 28.6 Å². The maximum atomic E-state index is 13.9. The zero-order chi connectivity index (χ0) is 31.4. The third-order valence-corrected chi connectivity index (χ3v) is 8.08. The van der Waals surface area contributed by atoms with E-state index in [0.29, 0.717) is 27.8 Å². The van der Waals surface area contributed by atoms with E-state index in [9.17, 15) is 19.2 Å². The Morgan fingerprint density at radius 3 is 2.33 bits per heavy atom. The molecule has 3 aromatic carbocycles. The van der Waals surface area contributed by atoms with Gasteiger partial charge in [-0.15, -0.1) is 0 Å². The SMILES string of the molecule is COC(=O)c1ccc(OC)cc1N1Cc2c(Cl)ccc(Nc3c(NC(c4cc(C)c(C)o4)C(C)(C)C)c(=O)c3=O)c2C1=O. The molecule has 10 nitrogen and oxygen atoms in total. The van der Waals surface area contributed by atoms with Crippen LogP contribution in [0.25, 0.3) is 0 Å². The van der Waals surface area contributed by atoms with Gasteiger partial charge in [-0.25, -0.2) is 4.79 Å². The summed E-state index contributed by atoms with van der Waals surface area (Å²) in [7, 11) is 2.73. The predicted octanol–water partition coefficient (Wildman–Crippen LogP) is 6.04. The number of rotatable bonds is 8. The average Bonchev–Trinajstić information content (AvgIpc) is 3.50. The molecule has 5 rings (SSSR count). The molecule has 1 unspecified atom stereocenters. The van der Waals surface area contributed by atoms with Crippen molar-refractivity contribution in [2.45, 2.75) is 47.2 Å². The lowest BCUT2D eigenvalue weighted by Gasteiger charge is -2.31. The van der Waals surface area contributed by atoms with E-state index in [2.05, 4.69) is 10.6 Å². The Bertz CT molecular complexity index is 1820. The van der Waals surface area contributed by atoms with E-state index in [0.717, 1.165) is 11.3 Å². The van der Waals surface area contributed by atoms with Crippen LogP contribution in [-0.2, 0) is 11.3 Å². The first-order valence-corrected chi connectivity index (χ1v) is 14.0. The second kappa shape index (κ2) is 10.9. The van der Waals surface area contributed by atoms with Crippen molar-refractivity contribution in [3.8, 4) is 5.75 Å². The van der Waals surface area contributed by atoms with Crippen molar-refractivity contribution >= 4 is 46.2 Å². The van der Waals surface area contributed by atoms with E-state index in [1.165, 1.54) is 25.2 Å². The number of nitrogens with zero attached hydrogens (tertiary/aromatic N) is 1. The molecular formula is C32H32ClN3O7. The standard InChI is InChI=1S/C32H32ClN3O7/c1-15-12-23(43-16(15)2)29(32(3,4)5)35-26-25(27(37)28(26)38)34-21-11-10-20(33)19-14-36(30(39)24(19)21)22-13-17(41-6)8-9-18(22)31(40)42-7/h8-13,29,34-35H,14H2,1-7H3. The first-order chi connectivity index (χ1) is 20.3. The van der Waals surface area contributed by atoms with Crippen molar-refractivity contribution < 1.29 is 23.5 Å². The van der Waals surface area contributed by atoms with E-state index in [4.69, 9.17) is 25.5 Å². The van der Waals surface area contributed by atoms with Gasteiger partial charge in [0.15, 0.2) is 0 Å². The van der Waals surface area contributed by atoms with Crippen molar-refractivity contribution in [3.05, 3.63) is 95.6 Å². The van der Waals surface area contributed by atoms with Crippen LogP contribution >= 0.6 is 11.6 Å². The molecule has 224 valence electrons. The molecule has 1 amide bonds. The van der Waals surface area contributed by atoms with E-state index >= 15 is 0 Å². The molecule has 0 aliphatic carbocycles. The Kier molecular flexibility index (Phi) is 7.60. The summed E-state index contributed by atoms with van der Waals surface area (Å²) >= 11 is 6.54. The van der Waals surface area contributed by atoms with Gasteiger partial charge in [0.2, 0.25) is 0 Å². The predicted molar refractivity (Wildman–Crippen MR) is 165 cm³/mol. The highest BCUT2D eigenvalue weighted by molar-refractivity contribution is 6.33. The first kappa shape index (κ1) is 29.9. The Labute approximate surface area is 253 Å². The van der Waals surface area contributed by atoms with E-state index < -0.39 is 28.8 Å². The molecule has 4 aromatic rings. The third-order valence-electron chi connectivity index (χ3n) is 7.73. The summed E-state index contributed by atoms with van der Waals surface area (Å²) in [5.41, 5.74) is 0.788. The lowest BCUT2D eigenvalue weighted by molar-refractivity contribution is 0.0601. The number of ether oxygens (including phenoxy) is 2. The Morgan fingerprint density at radius 2 is 1.72 bits per heavy atom. The van der Waals surface area contributed by atoms with E-state index in [-0.39, 0.29) is 40.1 Å². The lowest BCUT2D eigenvalue weighted by Crippen LogP contribution is -2.39. The van der Waals surface area contributed by atoms with Gasteiger partial charge >= 0.3 is 5.97 Å². The van der Waals surface area contributed by atoms with Crippen LogP contribution in [0, 0.1) is 19.3 Å². The Balaban J connectivity index is 1.52. The van der Waals surface area contributed by atoms with Crippen molar-refractivity contribution in [2.24, 2.45) is 5.41 Å². The van der Waals surface area contributed by atoms with Crippen LogP contribution in [0.5, 0.6) is 5.75 Å². The third kappa shape index (κ3) is 5.16. The molecule has 2 heterocycles. The number of anilines is 4. The van der Waals surface area contributed by atoms with Gasteiger partial charge in [-0.1, -0.05) is 32.4 Å². The van der Waals surface area contributed by atoms with Crippen molar-refractivity contribution in [1.82, 2.24) is 0 Å². The summed E-state index contributed by atoms with van der Waals surface area (Å²) in [4.78, 5) is 53.5. The fraction of sp³-hybridized carbons (Fsp3) is 0.312. The monoisotopic (exact) mass is 605 g/mol. The molecule has 1 aliphatic rings. The molecule has 0 fully saturated rings. The number of hydrogen-bond acceptors (Lipinski definition) is 9. The molecule has 1 aliphatic heterocycles. The van der Waals surface area contributed by atoms with Crippen LogP contribution in [-0.4, -0.2) is 26.1 Å². The normalized spacial score (nSPS) is 13.7. The number of furan rings is 1. The van der Waals surface area contributed by atoms with Crippen molar-refractivity contribution in [3.63, 3.8) is 0 Å². The van der Waals surface area contributed by atoms with Crippen molar-refractivity contribution in [1.29, 1.82) is 0 Å². The smallest absolute Gasteiger partial charge is 0.339 e. The van der Waals surface area contributed by atoms with Gasteiger partial charge < -0.3 is 29.4 Å². The van der Waals surface area contributed by atoms with Gasteiger partial charge in [0, 0.05) is 16.7 Å². The number of methoxy groups -OCH3 is 2. The molecule has 2 N–H and O–H groups in total. The first-order valence-electron chi connectivity index (χ1n) is 13.6. The Morgan fingerprint density at radius 1 is 1.02 bits per heavy atom. The molecule has 1 aromatic heterocycles. The second-order valence-corrected chi connectivity index (χ2v) is 12.0. The highest BCUT2D eigenvalue weighted by atomic mass is 35.5. The molecule has 0 radical (unpaired) electrons. The molecule has 0 bridgehead atoms. The number of carbonyl (C=O) groups is 2. The van der Waals surface area contributed by atoms with Gasteiger partial charge in [0.05, 0.1) is 49.3 Å². The summed E-state index contributed by atoms with van der Waals surface area (Å²) in [5.74, 6) is 0.756. The largest absolute Gasteiger partial charge is 0.497 e. The molecule has 0 saturated carbocycles. The van der Waals surface area contributed by atoms with E-state index in [1.54, 1.807) is 24.3 Å². The molecule has 11 heteroatoms. The minimum Gasteiger partial charge on any atom is -0.497 e. The summed E-state index contributed by atoms with van der Waals surface area (Å²) in [6, 6.07) is 9.36. The number of carbonyl (C=O) groups excluding carboxylic acids is 2. The number of aryl methyl sites for hydroxylation is 2. The maximum absolute atomic E-state index is 13.9. The highest BCUT2D eigenvalue weighted by Gasteiger charge is 2.37. The lowest BCUT2D eigenvalue weighted by atomic mass is 9.84. The fourth-order valence-corrected chi connectivity index (χ4v) is 5.43. The van der Waals surface area contributed by atoms with Crippen LogP contribution in [0.4, 0.5) is 22.7 Å². The average molecular weight is 606 g/mol. The zero-order valence-electron chi connectivity index (χ0n) is 24.9. The summed E-state index contributed by atoms with van der Waals surface area (Å²) in [5, 5.41) is 6.59. The van der Waals surface area contributed by atoms with Gasteiger partial charge in [-0.3, -0.25) is 14.4 Å². The number of amides is 1. The van der Waals surface area contributed by atoms with E-state index in [1.807, 2.05) is 40.7 Å². The minimum absolute atomic E-state index is 0.0339. The van der Waals surface area contributed by atoms with Crippen LogP contribution in [0.15, 0.2) is 50.4 Å². The van der Waals surface area contributed by atoms with Gasteiger partial charge in [0.25, 0.3) is 16.8 Å². The van der Waals surface area contributed by atoms with Crippen LogP contribution in [0.2, 0.25) is 5.02 Å². The molecular weight excluding hydrogens is 574 g/mol. The van der Waals surface area contributed by atoms with Crippen molar-refractivity contribution in [2.75, 3.05) is 29.8 Å². The number of benzene rings is 2. The fourth-order valence-electron chi connectivity index (χ4n) is 5.22. The quantitative estimate of drug-likeness (QED) is 0.182. The zero-order valence-corrected chi connectivity index (χ0v) is 25.7. The summed E-state index contributed by atoms with van der Waals surface area (Å²) in [6.45, 7) is 9.85. The van der Waals surface area contributed by atoms with Gasteiger partial charge in [-0.2, -0.15) is 0 Å². The van der Waals surface area contributed by atoms with Crippen LogP contribution < -0.4 is 31.1 Å². The molecule has 1 atom stereocenters. The highest BCUT2D eigenvalue weighted by Crippen LogP contribution is 2.42. The number of esters is 1. The van der Waals surface area contributed by atoms with Gasteiger partial charge in [-0.05, 0) is 55.2 Å².